The van der Waals surface area contributed by atoms with E-state index >= 15 is 0 Å². The van der Waals surface area contributed by atoms with Crippen LogP contribution < -0.4 is 22.9 Å². The van der Waals surface area contributed by atoms with Crippen molar-refractivity contribution in [3.8, 4) is 0 Å². The van der Waals surface area contributed by atoms with E-state index in [1.54, 1.807) is 0 Å². The summed E-state index contributed by atoms with van der Waals surface area (Å²) in [5.74, 6) is 0. The minimum absolute atomic E-state index is 0.00463. The SMILES string of the molecule is NC1CC(N)C(N)C1N. The van der Waals surface area contributed by atoms with Crippen molar-refractivity contribution in [2.75, 3.05) is 0 Å². The summed E-state index contributed by atoms with van der Waals surface area (Å²) < 4.78 is 0. The molecule has 1 aliphatic rings. The first-order chi connectivity index (χ1) is 4.13. The summed E-state index contributed by atoms with van der Waals surface area (Å²) in [5, 5.41) is 0. The van der Waals surface area contributed by atoms with Gasteiger partial charge in [-0.15, -0.1) is 0 Å². The molecule has 1 saturated carbocycles. The van der Waals surface area contributed by atoms with Crippen molar-refractivity contribution in [2.24, 2.45) is 22.9 Å². The summed E-state index contributed by atoms with van der Waals surface area (Å²) in [6.07, 6.45) is 0.752. The summed E-state index contributed by atoms with van der Waals surface area (Å²) in [4.78, 5) is 0. The molecule has 8 N–H and O–H groups in total. The first kappa shape index (κ1) is 6.95. The molecule has 0 aromatic carbocycles. The second kappa shape index (κ2) is 2.22. The van der Waals surface area contributed by atoms with Gasteiger partial charge in [0.05, 0.1) is 0 Å². The zero-order valence-electron chi connectivity index (χ0n) is 5.33. The number of hydrogen-bond acceptors (Lipinski definition) is 4. The Kier molecular flexibility index (Phi) is 1.72. The topological polar surface area (TPSA) is 104 Å². The number of nitrogens with two attached hydrogens (primary N) is 4. The van der Waals surface area contributed by atoms with Gasteiger partial charge < -0.3 is 22.9 Å². The molecule has 1 fully saturated rings. The van der Waals surface area contributed by atoms with Crippen LogP contribution in [0.1, 0.15) is 6.42 Å². The van der Waals surface area contributed by atoms with Crippen LogP contribution in [0.25, 0.3) is 0 Å². The van der Waals surface area contributed by atoms with E-state index in [1.165, 1.54) is 0 Å². The molecule has 4 heteroatoms. The largest absolute Gasteiger partial charge is 0.326 e. The summed E-state index contributed by atoms with van der Waals surface area (Å²) in [5.41, 5.74) is 22.3. The molecule has 0 radical (unpaired) electrons. The van der Waals surface area contributed by atoms with Crippen LogP contribution in [0.15, 0.2) is 0 Å². The van der Waals surface area contributed by atoms with E-state index in [-0.39, 0.29) is 24.2 Å². The third kappa shape index (κ3) is 1.07. The van der Waals surface area contributed by atoms with Gasteiger partial charge in [-0.3, -0.25) is 0 Å². The van der Waals surface area contributed by atoms with Crippen LogP contribution in [-0.4, -0.2) is 24.2 Å². The molecule has 0 aromatic heterocycles. The maximum atomic E-state index is 5.58. The lowest BCUT2D eigenvalue weighted by Gasteiger charge is -2.14. The maximum absolute atomic E-state index is 5.58. The van der Waals surface area contributed by atoms with Crippen molar-refractivity contribution < 1.29 is 0 Å². The molecule has 0 bridgehead atoms. The highest BCUT2D eigenvalue weighted by Crippen LogP contribution is 2.12. The Bertz CT molecular complexity index is 93.1. The van der Waals surface area contributed by atoms with Gasteiger partial charge in [-0.25, -0.2) is 0 Å². The molecule has 9 heavy (non-hydrogen) atoms. The van der Waals surface area contributed by atoms with E-state index in [0.29, 0.717) is 0 Å². The minimum Gasteiger partial charge on any atom is -0.326 e. The average molecular weight is 130 g/mol. The fourth-order valence-corrected chi connectivity index (χ4v) is 1.20. The van der Waals surface area contributed by atoms with Crippen LogP contribution in [0, 0.1) is 0 Å². The van der Waals surface area contributed by atoms with Gasteiger partial charge in [-0.1, -0.05) is 0 Å². The van der Waals surface area contributed by atoms with Gasteiger partial charge in [0, 0.05) is 24.2 Å². The Morgan fingerprint density at radius 3 is 1.22 bits per heavy atom. The van der Waals surface area contributed by atoms with Gasteiger partial charge in [0.2, 0.25) is 0 Å². The lowest BCUT2D eigenvalue weighted by molar-refractivity contribution is 0.535. The van der Waals surface area contributed by atoms with Crippen molar-refractivity contribution >= 4 is 0 Å². The van der Waals surface area contributed by atoms with Gasteiger partial charge in [0.15, 0.2) is 0 Å². The molecule has 0 spiro atoms. The van der Waals surface area contributed by atoms with Gasteiger partial charge in [-0.2, -0.15) is 0 Å². The molecule has 1 rings (SSSR count). The van der Waals surface area contributed by atoms with E-state index in [2.05, 4.69) is 0 Å². The Morgan fingerprint density at radius 1 is 0.778 bits per heavy atom. The molecule has 0 heterocycles. The smallest absolute Gasteiger partial charge is 0.0362 e. The van der Waals surface area contributed by atoms with Crippen LogP contribution in [0.3, 0.4) is 0 Å². The molecular formula is C5H14N4. The fraction of sp³-hybridized carbons (Fsp3) is 1.00. The van der Waals surface area contributed by atoms with Crippen molar-refractivity contribution in [3.05, 3.63) is 0 Å². The first-order valence-corrected chi connectivity index (χ1v) is 3.15. The summed E-state index contributed by atoms with van der Waals surface area (Å²) >= 11 is 0. The lowest BCUT2D eigenvalue weighted by atomic mass is 10.1. The third-order valence-electron chi connectivity index (χ3n) is 1.98. The van der Waals surface area contributed by atoms with Crippen LogP contribution in [0.5, 0.6) is 0 Å². The Balaban J connectivity index is 2.54. The molecule has 4 atom stereocenters. The highest BCUT2D eigenvalue weighted by molar-refractivity contribution is 5.01. The molecule has 0 aromatic rings. The molecule has 0 aliphatic heterocycles. The van der Waals surface area contributed by atoms with E-state index in [9.17, 15) is 0 Å². The van der Waals surface area contributed by atoms with Crippen molar-refractivity contribution in [3.63, 3.8) is 0 Å². The zero-order chi connectivity index (χ0) is 7.02. The Labute approximate surface area is 54.6 Å². The average Bonchev–Trinajstić information content (AvgIpc) is 1.98. The lowest BCUT2D eigenvalue weighted by Crippen LogP contribution is -2.50. The number of rotatable bonds is 0. The van der Waals surface area contributed by atoms with Crippen molar-refractivity contribution in [2.45, 2.75) is 30.6 Å². The van der Waals surface area contributed by atoms with E-state index in [0.717, 1.165) is 6.42 Å². The highest BCUT2D eigenvalue weighted by atomic mass is 14.9. The monoisotopic (exact) mass is 130 g/mol. The van der Waals surface area contributed by atoms with E-state index in [1.807, 2.05) is 0 Å². The molecule has 0 saturated heterocycles. The zero-order valence-corrected chi connectivity index (χ0v) is 5.33. The van der Waals surface area contributed by atoms with Gasteiger partial charge in [-0.05, 0) is 6.42 Å². The number of hydrogen-bond donors (Lipinski definition) is 4. The highest BCUT2D eigenvalue weighted by Gasteiger charge is 2.34. The molecule has 4 nitrogen and oxygen atoms in total. The van der Waals surface area contributed by atoms with Gasteiger partial charge in [0.25, 0.3) is 0 Å². The van der Waals surface area contributed by atoms with Crippen molar-refractivity contribution in [1.82, 2.24) is 0 Å². The summed E-state index contributed by atoms with van der Waals surface area (Å²) in [6, 6.07) is -0.231. The molecule has 4 unspecified atom stereocenters. The minimum atomic E-state index is -0.111. The standard InChI is InChI=1S/C5H14N4/c6-2-1-3(7)5(9)4(2)8/h2-5H,1,6-9H2. The fourth-order valence-electron chi connectivity index (χ4n) is 1.20. The summed E-state index contributed by atoms with van der Waals surface area (Å²) in [6.45, 7) is 0. The second-order valence-electron chi connectivity index (χ2n) is 2.72. The molecule has 0 amide bonds. The molecule has 1 aliphatic carbocycles. The predicted octanol–water partition coefficient (Wildman–Crippen LogP) is -2.30. The van der Waals surface area contributed by atoms with Crippen LogP contribution in [0.2, 0.25) is 0 Å². The van der Waals surface area contributed by atoms with E-state index < -0.39 is 0 Å². The van der Waals surface area contributed by atoms with Crippen LogP contribution >= 0.6 is 0 Å². The Morgan fingerprint density at radius 2 is 1.11 bits per heavy atom. The van der Waals surface area contributed by atoms with Crippen molar-refractivity contribution in [1.29, 1.82) is 0 Å². The maximum Gasteiger partial charge on any atom is 0.0362 e. The molecular weight excluding hydrogens is 116 g/mol. The van der Waals surface area contributed by atoms with E-state index in [4.69, 9.17) is 22.9 Å². The second-order valence-corrected chi connectivity index (χ2v) is 2.72. The van der Waals surface area contributed by atoms with Gasteiger partial charge in [0.1, 0.15) is 0 Å². The third-order valence-corrected chi connectivity index (χ3v) is 1.98. The molecule has 54 valence electrons. The first-order valence-electron chi connectivity index (χ1n) is 3.15. The van der Waals surface area contributed by atoms with Crippen LogP contribution in [-0.2, 0) is 0 Å². The summed E-state index contributed by atoms with van der Waals surface area (Å²) in [7, 11) is 0. The quantitative estimate of drug-likeness (QED) is 0.296. The Hall–Kier alpha value is -0.160. The van der Waals surface area contributed by atoms with Gasteiger partial charge >= 0.3 is 0 Å². The normalized spacial score (nSPS) is 52.0. The predicted molar refractivity (Wildman–Crippen MR) is 36.5 cm³/mol. The van der Waals surface area contributed by atoms with Crippen LogP contribution in [0.4, 0.5) is 0 Å².